The molecule has 0 spiro atoms. The van der Waals surface area contributed by atoms with Gasteiger partial charge in [0.1, 0.15) is 29.0 Å². The number of hydrogen-bond donors (Lipinski definition) is 1. The number of fused-ring (bicyclic) bond motifs is 1. The lowest BCUT2D eigenvalue weighted by Crippen LogP contribution is -2.37. The summed E-state index contributed by atoms with van der Waals surface area (Å²) in [5.41, 5.74) is 0.228. The number of methoxy groups -OCH3 is 1. The van der Waals surface area contributed by atoms with E-state index in [1.807, 2.05) is 24.3 Å². The Morgan fingerprint density at radius 3 is 2.44 bits per heavy atom. The molecule has 0 saturated carbocycles. The molecule has 0 saturated heterocycles. The molecule has 238 valence electrons. The number of imidazole rings is 1. The van der Waals surface area contributed by atoms with E-state index in [2.05, 4.69) is 15.3 Å². The smallest absolute Gasteiger partial charge is 0.420 e. The molecular formula is C33H39N5O7. The van der Waals surface area contributed by atoms with E-state index in [-0.39, 0.29) is 30.3 Å². The Balaban J connectivity index is 1.72. The number of allylic oxidation sites excluding steroid dienone is 1. The van der Waals surface area contributed by atoms with Crippen molar-refractivity contribution in [3.05, 3.63) is 73.0 Å². The number of oxazole rings is 1. The van der Waals surface area contributed by atoms with Crippen LogP contribution >= 0.6 is 0 Å². The summed E-state index contributed by atoms with van der Waals surface area (Å²) < 4.78 is 23.3. The van der Waals surface area contributed by atoms with E-state index in [9.17, 15) is 14.4 Å². The first-order chi connectivity index (χ1) is 21.2. The summed E-state index contributed by atoms with van der Waals surface area (Å²) in [6, 6.07) is 6.62. The van der Waals surface area contributed by atoms with Gasteiger partial charge in [-0.3, -0.25) is 9.78 Å². The monoisotopic (exact) mass is 617 g/mol. The van der Waals surface area contributed by atoms with Crippen molar-refractivity contribution in [3.8, 4) is 17.0 Å². The van der Waals surface area contributed by atoms with Gasteiger partial charge in [0, 0.05) is 35.8 Å². The van der Waals surface area contributed by atoms with Gasteiger partial charge in [-0.2, -0.15) is 0 Å². The summed E-state index contributed by atoms with van der Waals surface area (Å²) in [5, 5.41) is 3.71. The van der Waals surface area contributed by atoms with Crippen molar-refractivity contribution in [1.29, 1.82) is 0 Å². The Hall–Kier alpha value is -5.00. The van der Waals surface area contributed by atoms with Crippen LogP contribution < -0.4 is 10.1 Å². The second-order valence-corrected chi connectivity index (χ2v) is 12.3. The first-order valence-corrected chi connectivity index (χ1v) is 14.6. The number of hydrogen-bond acceptors (Lipinski definition) is 10. The summed E-state index contributed by atoms with van der Waals surface area (Å²) >= 11 is 0. The van der Waals surface area contributed by atoms with Crippen LogP contribution in [-0.4, -0.2) is 55.8 Å². The third-order valence-electron chi connectivity index (χ3n) is 6.27. The molecule has 0 radical (unpaired) electrons. The lowest BCUT2D eigenvalue weighted by Gasteiger charge is -2.24. The number of carbonyl (C=O) groups excluding carboxylic acids is 3. The average Bonchev–Trinajstić information content (AvgIpc) is 3.65. The van der Waals surface area contributed by atoms with Crippen LogP contribution in [0.3, 0.4) is 0 Å². The summed E-state index contributed by atoms with van der Waals surface area (Å²) in [6.45, 7) is 10.6. The molecule has 12 nitrogen and oxygen atoms in total. The number of Topliss-reactive ketones (excluding diaryl/α,β-unsaturated/α-hetero) is 1. The van der Waals surface area contributed by atoms with Crippen molar-refractivity contribution in [1.82, 2.24) is 24.8 Å². The Labute approximate surface area is 261 Å². The van der Waals surface area contributed by atoms with Gasteiger partial charge in [0.05, 0.1) is 30.6 Å². The number of amides is 1. The number of rotatable bonds is 10. The summed E-state index contributed by atoms with van der Waals surface area (Å²) in [4.78, 5) is 51.9. The van der Waals surface area contributed by atoms with Crippen LogP contribution in [0, 0.1) is 0 Å². The molecule has 12 heteroatoms. The van der Waals surface area contributed by atoms with E-state index in [1.165, 1.54) is 17.0 Å². The van der Waals surface area contributed by atoms with Crippen molar-refractivity contribution in [3.63, 3.8) is 0 Å². The van der Waals surface area contributed by atoms with E-state index in [0.29, 0.717) is 23.4 Å². The molecule has 0 fully saturated rings. The van der Waals surface area contributed by atoms with E-state index in [4.69, 9.17) is 23.6 Å². The Morgan fingerprint density at radius 2 is 1.78 bits per heavy atom. The SMILES string of the molecule is COc1cc2ncccc2cc1-c1cn(C(=O)OC(C)(C)C)c(C(C/C=C/CCC(=O)c2ncco2)NC(=O)OC(C)(C)C)n1. The fourth-order valence-electron chi connectivity index (χ4n) is 4.41. The topological polar surface area (TPSA) is 148 Å². The Kier molecular flexibility index (Phi) is 10.1. The second-order valence-electron chi connectivity index (χ2n) is 12.3. The van der Waals surface area contributed by atoms with Crippen LogP contribution in [0.4, 0.5) is 9.59 Å². The molecule has 1 N–H and O–H groups in total. The predicted octanol–water partition coefficient (Wildman–Crippen LogP) is 7.05. The molecule has 4 rings (SSSR count). The molecule has 1 atom stereocenters. The molecule has 1 unspecified atom stereocenters. The first-order valence-electron chi connectivity index (χ1n) is 14.6. The molecule has 45 heavy (non-hydrogen) atoms. The molecule has 0 aliphatic heterocycles. The highest BCUT2D eigenvalue weighted by Crippen LogP contribution is 2.34. The highest BCUT2D eigenvalue weighted by Gasteiger charge is 2.29. The minimum absolute atomic E-state index is 0.0553. The number of aromatic nitrogens is 4. The van der Waals surface area contributed by atoms with Crippen molar-refractivity contribution in [2.24, 2.45) is 0 Å². The third-order valence-corrected chi connectivity index (χ3v) is 6.27. The van der Waals surface area contributed by atoms with Gasteiger partial charge in [-0.1, -0.05) is 18.2 Å². The highest BCUT2D eigenvalue weighted by atomic mass is 16.6. The van der Waals surface area contributed by atoms with Gasteiger partial charge >= 0.3 is 12.2 Å². The van der Waals surface area contributed by atoms with Crippen LogP contribution in [0.25, 0.3) is 22.2 Å². The molecule has 0 aliphatic carbocycles. The number of pyridine rings is 1. The zero-order valence-corrected chi connectivity index (χ0v) is 26.6. The average molecular weight is 618 g/mol. The summed E-state index contributed by atoms with van der Waals surface area (Å²) in [6.07, 6.45) is 9.11. The van der Waals surface area contributed by atoms with Crippen LogP contribution in [0.2, 0.25) is 0 Å². The quantitative estimate of drug-likeness (QED) is 0.145. The van der Waals surface area contributed by atoms with Crippen LogP contribution in [0.15, 0.2) is 65.7 Å². The third kappa shape index (κ3) is 9.01. The minimum Gasteiger partial charge on any atom is -0.496 e. The van der Waals surface area contributed by atoms with Gasteiger partial charge in [0.2, 0.25) is 5.78 Å². The van der Waals surface area contributed by atoms with Gasteiger partial charge in [-0.05, 0) is 66.5 Å². The number of carbonyl (C=O) groups is 3. The van der Waals surface area contributed by atoms with Crippen molar-refractivity contribution in [2.45, 2.75) is 78.0 Å². The summed E-state index contributed by atoms with van der Waals surface area (Å²) in [7, 11) is 1.55. The molecule has 1 amide bonds. The van der Waals surface area contributed by atoms with E-state index in [0.717, 1.165) is 10.9 Å². The largest absolute Gasteiger partial charge is 0.496 e. The fourth-order valence-corrected chi connectivity index (χ4v) is 4.41. The normalized spacial score (nSPS) is 12.7. The number of nitrogens with one attached hydrogen (secondary N) is 1. The zero-order valence-electron chi connectivity index (χ0n) is 26.6. The van der Waals surface area contributed by atoms with Crippen LogP contribution in [0.1, 0.15) is 83.4 Å². The van der Waals surface area contributed by atoms with Gasteiger partial charge in [0.15, 0.2) is 0 Å². The number of ether oxygens (including phenoxy) is 3. The van der Waals surface area contributed by atoms with Gasteiger partial charge < -0.3 is 23.9 Å². The molecule has 3 heterocycles. The van der Waals surface area contributed by atoms with Gasteiger partial charge in [0.25, 0.3) is 5.89 Å². The highest BCUT2D eigenvalue weighted by molar-refractivity contribution is 5.91. The number of benzene rings is 1. The maximum Gasteiger partial charge on any atom is 0.420 e. The zero-order chi connectivity index (χ0) is 32.8. The van der Waals surface area contributed by atoms with E-state index < -0.39 is 29.4 Å². The molecule has 0 aliphatic rings. The van der Waals surface area contributed by atoms with Crippen LogP contribution in [0.5, 0.6) is 5.75 Å². The minimum atomic E-state index is -0.812. The van der Waals surface area contributed by atoms with Gasteiger partial charge in [-0.25, -0.2) is 24.1 Å². The number of ketones is 1. The Bertz CT molecular complexity index is 1680. The van der Waals surface area contributed by atoms with Crippen molar-refractivity contribution < 1.29 is 33.0 Å². The van der Waals surface area contributed by atoms with Crippen molar-refractivity contribution >= 4 is 28.9 Å². The van der Waals surface area contributed by atoms with Crippen molar-refractivity contribution in [2.75, 3.05) is 7.11 Å². The summed E-state index contributed by atoms with van der Waals surface area (Å²) in [5.74, 6) is 0.560. The first kappa shape index (κ1) is 32.9. The molecular weight excluding hydrogens is 578 g/mol. The van der Waals surface area contributed by atoms with Crippen LogP contribution in [-0.2, 0) is 9.47 Å². The number of nitrogens with zero attached hydrogens (tertiary/aromatic N) is 4. The van der Waals surface area contributed by atoms with Gasteiger partial charge in [-0.15, -0.1) is 0 Å². The lowest BCUT2D eigenvalue weighted by atomic mass is 10.1. The van der Waals surface area contributed by atoms with E-state index in [1.54, 1.807) is 73.2 Å². The Morgan fingerprint density at radius 1 is 1.02 bits per heavy atom. The molecule has 1 aromatic carbocycles. The maximum atomic E-state index is 13.5. The molecule has 0 bridgehead atoms. The number of alkyl carbamates (subject to hydrolysis) is 1. The predicted molar refractivity (Wildman–Crippen MR) is 167 cm³/mol. The molecule has 3 aromatic heterocycles. The maximum absolute atomic E-state index is 13.5. The lowest BCUT2D eigenvalue weighted by molar-refractivity contribution is 0.0473. The second kappa shape index (κ2) is 13.7. The molecule has 4 aromatic rings. The fraction of sp³-hybridized carbons (Fsp3) is 0.394. The standard InChI is InChI=1S/C33H39N5O7/c1-32(2,3)44-30(40)37-23(13-9-8-10-14-26(39)29-35-16-17-43-29)28-36-25(20-38(28)31(41)45-33(4,5)6)22-18-21-12-11-15-34-24(21)19-27(22)42-7/h8-9,11-12,15-20,23H,10,13-14H2,1-7H3,(H,37,40)/b9-8+. The van der Waals surface area contributed by atoms with E-state index >= 15 is 0 Å².